The summed E-state index contributed by atoms with van der Waals surface area (Å²) in [6.07, 6.45) is 7.68. The Morgan fingerprint density at radius 2 is 2.04 bits per heavy atom. The summed E-state index contributed by atoms with van der Waals surface area (Å²) in [7, 11) is 0. The first-order chi connectivity index (χ1) is 10.8. The Morgan fingerprint density at radius 1 is 1.30 bits per heavy atom. The average Bonchev–Trinajstić information content (AvgIpc) is 2.52. The molecule has 0 aromatic heterocycles. The summed E-state index contributed by atoms with van der Waals surface area (Å²) in [5.74, 6) is 0.0662. The highest BCUT2D eigenvalue weighted by Crippen LogP contribution is 2.41. The van der Waals surface area contributed by atoms with Crippen molar-refractivity contribution in [1.29, 1.82) is 0 Å². The number of hydrogen-bond donors (Lipinski definition) is 2. The minimum absolute atomic E-state index is 0.0662. The molecule has 0 radical (unpaired) electrons. The molecule has 1 aliphatic rings. The van der Waals surface area contributed by atoms with Crippen molar-refractivity contribution in [3.8, 4) is 0 Å². The predicted molar refractivity (Wildman–Crippen MR) is 99.0 cm³/mol. The van der Waals surface area contributed by atoms with Gasteiger partial charge in [-0.3, -0.25) is 0 Å². The van der Waals surface area contributed by atoms with Gasteiger partial charge in [0.25, 0.3) is 0 Å². The van der Waals surface area contributed by atoms with Crippen molar-refractivity contribution in [2.75, 3.05) is 6.54 Å². The monoisotopic (exact) mass is 313 g/mol. The minimum atomic E-state index is -0.500. The van der Waals surface area contributed by atoms with Crippen LogP contribution >= 0.6 is 0 Å². The van der Waals surface area contributed by atoms with Gasteiger partial charge < -0.3 is 10.8 Å². The molecular weight excluding hydrogens is 282 g/mol. The van der Waals surface area contributed by atoms with E-state index < -0.39 is 6.10 Å². The van der Waals surface area contributed by atoms with E-state index in [1.807, 2.05) is 19.1 Å². The first-order valence-corrected chi connectivity index (χ1v) is 8.71. The fraction of sp³-hybridized carbons (Fsp3) is 0.524. The number of nitrogens with two attached hydrogens (primary N) is 1. The van der Waals surface area contributed by atoms with Gasteiger partial charge >= 0.3 is 0 Å². The molecule has 2 heteroatoms. The average molecular weight is 313 g/mol. The Bertz CT molecular complexity index is 598. The molecule has 0 saturated carbocycles. The lowest BCUT2D eigenvalue weighted by atomic mass is 9.72. The van der Waals surface area contributed by atoms with Crippen molar-refractivity contribution in [2.24, 2.45) is 17.1 Å². The number of rotatable bonds is 5. The van der Waals surface area contributed by atoms with Gasteiger partial charge in [-0.1, -0.05) is 56.7 Å². The SMILES string of the molecule is CC1=C(/C=C/c2cccc(C(O)C(C)CN)c2)C(C)(C)CCC1. The number of aliphatic hydroxyl groups is 1. The van der Waals surface area contributed by atoms with Crippen LogP contribution in [0.15, 0.2) is 41.5 Å². The van der Waals surface area contributed by atoms with Gasteiger partial charge in [-0.2, -0.15) is 0 Å². The highest BCUT2D eigenvalue weighted by atomic mass is 16.3. The maximum absolute atomic E-state index is 10.3. The van der Waals surface area contributed by atoms with Gasteiger partial charge in [0.15, 0.2) is 0 Å². The zero-order chi connectivity index (χ0) is 17.0. The zero-order valence-corrected chi connectivity index (χ0v) is 15.0. The van der Waals surface area contributed by atoms with Crippen molar-refractivity contribution in [3.05, 3.63) is 52.6 Å². The molecule has 2 atom stereocenters. The van der Waals surface area contributed by atoms with Crippen LogP contribution in [0.3, 0.4) is 0 Å². The first kappa shape index (κ1) is 18.0. The third-order valence-electron chi connectivity index (χ3n) is 5.15. The second-order valence-corrected chi connectivity index (χ2v) is 7.59. The summed E-state index contributed by atoms with van der Waals surface area (Å²) >= 11 is 0. The fourth-order valence-electron chi connectivity index (χ4n) is 3.49. The van der Waals surface area contributed by atoms with Crippen LogP contribution in [-0.4, -0.2) is 11.7 Å². The summed E-state index contributed by atoms with van der Waals surface area (Å²) in [6.45, 7) is 9.38. The normalized spacial score (nSPS) is 20.8. The maximum Gasteiger partial charge on any atom is 0.0827 e. The van der Waals surface area contributed by atoms with Crippen molar-refractivity contribution < 1.29 is 5.11 Å². The van der Waals surface area contributed by atoms with E-state index >= 15 is 0 Å². The Labute approximate surface area is 141 Å². The second-order valence-electron chi connectivity index (χ2n) is 7.59. The molecule has 0 bridgehead atoms. The van der Waals surface area contributed by atoms with Crippen LogP contribution < -0.4 is 5.73 Å². The topological polar surface area (TPSA) is 46.2 Å². The lowest BCUT2D eigenvalue weighted by molar-refractivity contribution is 0.121. The summed E-state index contributed by atoms with van der Waals surface area (Å²) in [6, 6.07) is 8.14. The number of aliphatic hydroxyl groups excluding tert-OH is 1. The highest BCUT2D eigenvalue weighted by molar-refractivity contribution is 5.55. The van der Waals surface area contributed by atoms with E-state index in [4.69, 9.17) is 5.73 Å². The standard InChI is InChI=1S/C21H31NO/c1-15-7-6-12-21(3,4)19(15)11-10-17-8-5-9-18(13-17)20(23)16(2)14-22/h5,8-11,13,16,20,23H,6-7,12,14,22H2,1-4H3/b11-10+. The Balaban J connectivity index is 2.23. The van der Waals surface area contributed by atoms with E-state index in [2.05, 4.69) is 45.1 Å². The molecule has 2 unspecified atom stereocenters. The van der Waals surface area contributed by atoms with Gasteiger partial charge in [0, 0.05) is 0 Å². The molecule has 0 amide bonds. The van der Waals surface area contributed by atoms with Gasteiger partial charge in [0.2, 0.25) is 0 Å². The van der Waals surface area contributed by atoms with E-state index in [0.29, 0.717) is 6.54 Å². The van der Waals surface area contributed by atoms with Crippen molar-refractivity contribution in [3.63, 3.8) is 0 Å². The summed E-state index contributed by atoms with van der Waals surface area (Å²) in [5, 5.41) is 10.3. The van der Waals surface area contributed by atoms with Gasteiger partial charge in [-0.25, -0.2) is 0 Å². The maximum atomic E-state index is 10.3. The second kappa shape index (κ2) is 7.46. The molecule has 0 saturated heterocycles. The molecular formula is C21H31NO. The van der Waals surface area contributed by atoms with E-state index in [0.717, 1.165) is 11.1 Å². The molecule has 0 fully saturated rings. The Hall–Kier alpha value is -1.38. The molecule has 23 heavy (non-hydrogen) atoms. The molecule has 2 rings (SSSR count). The van der Waals surface area contributed by atoms with Gasteiger partial charge in [0.05, 0.1) is 6.10 Å². The summed E-state index contributed by atoms with van der Waals surface area (Å²) in [5.41, 5.74) is 11.0. The number of allylic oxidation sites excluding steroid dienone is 3. The van der Waals surface area contributed by atoms with Gasteiger partial charge in [-0.05, 0) is 66.8 Å². The molecule has 126 valence electrons. The zero-order valence-electron chi connectivity index (χ0n) is 15.0. The minimum Gasteiger partial charge on any atom is -0.388 e. The van der Waals surface area contributed by atoms with E-state index in [9.17, 15) is 5.11 Å². The van der Waals surface area contributed by atoms with Gasteiger partial charge in [-0.15, -0.1) is 0 Å². The summed E-state index contributed by atoms with van der Waals surface area (Å²) in [4.78, 5) is 0. The largest absolute Gasteiger partial charge is 0.388 e. The molecule has 1 aromatic carbocycles. The fourth-order valence-corrected chi connectivity index (χ4v) is 3.49. The summed E-state index contributed by atoms with van der Waals surface area (Å²) < 4.78 is 0. The van der Waals surface area contributed by atoms with Crippen LogP contribution in [0.5, 0.6) is 0 Å². The Morgan fingerprint density at radius 3 is 2.70 bits per heavy atom. The third-order valence-corrected chi connectivity index (χ3v) is 5.15. The quantitative estimate of drug-likeness (QED) is 0.816. The van der Waals surface area contributed by atoms with Crippen molar-refractivity contribution >= 4 is 6.08 Å². The highest BCUT2D eigenvalue weighted by Gasteiger charge is 2.26. The molecule has 2 nitrogen and oxygen atoms in total. The lowest BCUT2D eigenvalue weighted by Gasteiger charge is -2.32. The van der Waals surface area contributed by atoms with Crippen LogP contribution in [0.1, 0.15) is 64.2 Å². The molecule has 0 aliphatic heterocycles. The molecule has 0 heterocycles. The van der Waals surface area contributed by atoms with Crippen LogP contribution in [0.2, 0.25) is 0 Å². The smallest absolute Gasteiger partial charge is 0.0827 e. The van der Waals surface area contributed by atoms with Crippen LogP contribution in [-0.2, 0) is 0 Å². The van der Waals surface area contributed by atoms with E-state index in [1.165, 1.54) is 30.4 Å². The van der Waals surface area contributed by atoms with E-state index in [1.54, 1.807) is 0 Å². The van der Waals surface area contributed by atoms with E-state index in [-0.39, 0.29) is 11.3 Å². The third kappa shape index (κ3) is 4.33. The molecule has 1 aromatic rings. The number of hydrogen-bond acceptors (Lipinski definition) is 2. The van der Waals surface area contributed by atoms with Crippen LogP contribution in [0.25, 0.3) is 6.08 Å². The van der Waals surface area contributed by atoms with Crippen LogP contribution in [0, 0.1) is 11.3 Å². The molecule has 0 spiro atoms. The van der Waals surface area contributed by atoms with Crippen LogP contribution in [0.4, 0.5) is 0 Å². The number of benzene rings is 1. The van der Waals surface area contributed by atoms with Crippen molar-refractivity contribution in [1.82, 2.24) is 0 Å². The molecule has 1 aliphatic carbocycles. The lowest BCUT2D eigenvalue weighted by Crippen LogP contribution is -2.19. The predicted octanol–water partition coefficient (Wildman–Crippen LogP) is 4.85. The molecule has 3 N–H and O–H groups in total. The Kier molecular flexibility index (Phi) is 5.83. The van der Waals surface area contributed by atoms with Gasteiger partial charge in [0.1, 0.15) is 0 Å². The van der Waals surface area contributed by atoms with Crippen molar-refractivity contribution in [2.45, 2.75) is 53.1 Å². The first-order valence-electron chi connectivity index (χ1n) is 8.71.